The topological polar surface area (TPSA) is 49.6 Å². The molecule has 2 rings (SSSR count). The van der Waals surface area contributed by atoms with E-state index in [1.165, 1.54) is 0 Å². The van der Waals surface area contributed by atoms with Crippen LogP contribution in [-0.4, -0.2) is 55.0 Å². The number of nitrogens with zero attached hydrogens (tertiary/aromatic N) is 2. The second kappa shape index (κ2) is 6.22. The summed E-state index contributed by atoms with van der Waals surface area (Å²) < 4.78 is 0.791. The molecule has 1 unspecified atom stereocenters. The minimum Gasteiger partial charge on any atom is -0.332 e. The summed E-state index contributed by atoms with van der Waals surface area (Å²) in [5.74, 6) is -0.00190. The highest BCUT2D eigenvalue weighted by Gasteiger charge is 2.28. The Balaban J connectivity index is 2.20. The Kier molecular flexibility index (Phi) is 4.84. The van der Waals surface area contributed by atoms with Gasteiger partial charge in [-0.15, -0.1) is 0 Å². The molecule has 0 saturated carbocycles. The number of benzene rings is 1. The standard InChI is InChI=1S/C13H17BrClN3O/c1-17-4-5-18(10(7-16)8-17)13(19)9-2-3-11(14)12(15)6-9/h2-3,6,10H,4-5,7-8,16H2,1H3. The van der Waals surface area contributed by atoms with Crippen LogP contribution < -0.4 is 5.73 Å². The third kappa shape index (κ3) is 3.28. The summed E-state index contributed by atoms with van der Waals surface area (Å²) >= 11 is 9.36. The fourth-order valence-corrected chi connectivity index (χ4v) is 2.70. The van der Waals surface area contributed by atoms with Crippen molar-refractivity contribution in [2.45, 2.75) is 6.04 Å². The maximum absolute atomic E-state index is 12.5. The fourth-order valence-electron chi connectivity index (χ4n) is 2.27. The number of rotatable bonds is 2. The Morgan fingerprint density at radius 3 is 2.89 bits per heavy atom. The molecule has 104 valence electrons. The first kappa shape index (κ1) is 14.8. The van der Waals surface area contributed by atoms with Crippen LogP contribution in [0, 0.1) is 0 Å². The Labute approximate surface area is 126 Å². The molecular formula is C13H17BrClN3O. The van der Waals surface area contributed by atoms with Crippen molar-refractivity contribution < 1.29 is 4.79 Å². The van der Waals surface area contributed by atoms with Crippen LogP contribution >= 0.6 is 27.5 Å². The lowest BCUT2D eigenvalue weighted by Crippen LogP contribution is -2.56. The summed E-state index contributed by atoms with van der Waals surface area (Å²) in [4.78, 5) is 16.6. The molecule has 1 aromatic carbocycles. The summed E-state index contributed by atoms with van der Waals surface area (Å²) in [6, 6.07) is 5.33. The van der Waals surface area contributed by atoms with Gasteiger partial charge in [-0.1, -0.05) is 11.6 Å². The minimum absolute atomic E-state index is 0.00190. The van der Waals surface area contributed by atoms with E-state index < -0.39 is 0 Å². The van der Waals surface area contributed by atoms with Gasteiger partial charge < -0.3 is 15.5 Å². The zero-order chi connectivity index (χ0) is 14.0. The molecule has 1 atom stereocenters. The highest BCUT2D eigenvalue weighted by molar-refractivity contribution is 9.10. The van der Waals surface area contributed by atoms with E-state index >= 15 is 0 Å². The lowest BCUT2D eigenvalue weighted by Gasteiger charge is -2.39. The predicted octanol–water partition coefficient (Wildman–Crippen LogP) is 1.82. The molecule has 6 heteroatoms. The first-order chi connectivity index (χ1) is 9.02. The number of likely N-dealkylation sites (N-methyl/N-ethyl adjacent to an activating group) is 1. The zero-order valence-corrected chi connectivity index (χ0v) is 13.1. The predicted molar refractivity (Wildman–Crippen MR) is 80.5 cm³/mol. The van der Waals surface area contributed by atoms with Crippen LogP contribution in [0.15, 0.2) is 22.7 Å². The molecule has 1 fully saturated rings. The van der Waals surface area contributed by atoms with Gasteiger partial charge >= 0.3 is 0 Å². The number of halogens is 2. The second-order valence-electron chi connectivity index (χ2n) is 4.78. The Bertz CT molecular complexity index is 483. The Morgan fingerprint density at radius 2 is 2.26 bits per heavy atom. The van der Waals surface area contributed by atoms with Crippen LogP contribution in [0.3, 0.4) is 0 Å². The van der Waals surface area contributed by atoms with Gasteiger partial charge in [0.1, 0.15) is 0 Å². The normalized spacial score (nSPS) is 20.6. The van der Waals surface area contributed by atoms with Gasteiger partial charge in [0.15, 0.2) is 0 Å². The second-order valence-corrected chi connectivity index (χ2v) is 6.04. The summed E-state index contributed by atoms with van der Waals surface area (Å²) in [6.45, 7) is 2.85. The van der Waals surface area contributed by atoms with Crippen molar-refractivity contribution in [2.24, 2.45) is 5.73 Å². The van der Waals surface area contributed by atoms with Crippen LogP contribution in [0.25, 0.3) is 0 Å². The van der Waals surface area contributed by atoms with E-state index in [1.54, 1.807) is 18.2 Å². The Morgan fingerprint density at radius 1 is 1.53 bits per heavy atom. The average molecular weight is 347 g/mol. The lowest BCUT2D eigenvalue weighted by atomic mass is 10.1. The van der Waals surface area contributed by atoms with Crippen molar-refractivity contribution in [3.63, 3.8) is 0 Å². The van der Waals surface area contributed by atoms with Gasteiger partial charge in [-0.2, -0.15) is 0 Å². The van der Waals surface area contributed by atoms with E-state index in [4.69, 9.17) is 17.3 Å². The van der Waals surface area contributed by atoms with Crippen LogP contribution in [0.4, 0.5) is 0 Å². The molecule has 0 radical (unpaired) electrons. The quantitative estimate of drug-likeness (QED) is 0.888. The average Bonchev–Trinajstić information content (AvgIpc) is 2.41. The lowest BCUT2D eigenvalue weighted by molar-refractivity contribution is 0.0516. The van der Waals surface area contributed by atoms with Crippen LogP contribution in [0.5, 0.6) is 0 Å². The maximum Gasteiger partial charge on any atom is 0.254 e. The van der Waals surface area contributed by atoms with Crippen molar-refractivity contribution in [1.82, 2.24) is 9.80 Å². The van der Waals surface area contributed by atoms with Crippen molar-refractivity contribution >= 4 is 33.4 Å². The maximum atomic E-state index is 12.5. The highest BCUT2D eigenvalue weighted by atomic mass is 79.9. The molecule has 2 N–H and O–H groups in total. The zero-order valence-electron chi connectivity index (χ0n) is 10.8. The van der Waals surface area contributed by atoms with Gasteiger partial charge in [-0.05, 0) is 41.2 Å². The molecule has 0 spiro atoms. The molecule has 1 aliphatic heterocycles. The summed E-state index contributed by atoms with van der Waals surface area (Å²) in [7, 11) is 2.04. The smallest absolute Gasteiger partial charge is 0.254 e. The Hall–Kier alpha value is -0.620. The number of carbonyl (C=O) groups excluding carboxylic acids is 1. The number of nitrogens with two attached hydrogens (primary N) is 1. The molecule has 1 aliphatic rings. The van der Waals surface area contributed by atoms with E-state index in [9.17, 15) is 4.79 Å². The SMILES string of the molecule is CN1CCN(C(=O)c2ccc(Br)c(Cl)c2)C(CN)C1. The van der Waals surface area contributed by atoms with Crippen LogP contribution in [-0.2, 0) is 0 Å². The fraction of sp³-hybridized carbons (Fsp3) is 0.462. The number of piperazine rings is 1. The van der Waals surface area contributed by atoms with Crippen molar-refractivity contribution in [1.29, 1.82) is 0 Å². The monoisotopic (exact) mass is 345 g/mol. The van der Waals surface area contributed by atoms with E-state index in [2.05, 4.69) is 20.8 Å². The van der Waals surface area contributed by atoms with Crippen molar-refractivity contribution in [3.05, 3.63) is 33.3 Å². The molecule has 1 amide bonds. The molecule has 0 aromatic heterocycles. The highest BCUT2D eigenvalue weighted by Crippen LogP contribution is 2.24. The molecule has 1 saturated heterocycles. The van der Waals surface area contributed by atoms with Gasteiger partial charge in [0.25, 0.3) is 5.91 Å². The number of hydrogen-bond acceptors (Lipinski definition) is 3. The number of carbonyl (C=O) groups is 1. The van der Waals surface area contributed by atoms with Crippen LogP contribution in [0.2, 0.25) is 5.02 Å². The van der Waals surface area contributed by atoms with E-state index in [0.717, 1.165) is 17.6 Å². The molecule has 0 bridgehead atoms. The third-order valence-electron chi connectivity index (χ3n) is 3.39. The van der Waals surface area contributed by atoms with Gasteiger partial charge in [0.2, 0.25) is 0 Å². The third-order valence-corrected chi connectivity index (χ3v) is 4.62. The summed E-state index contributed by atoms with van der Waals surface area (Å²) in [6.07, 6.45) is 0. The van der Waals surface area contributed by atoms with E-state index in [1.807, 2.05) is 11.9 Å². The molecular weight excluding hydrogens is 330 g/mol. The molecule has 19 heavy (non-hydrogen) atoms. The summed E-state index contributed by atoms with van der Waals surface area (Å²) in [5.41, 5.74) is 6.38. The largest absolute Gasteiger partial charge is 0.332 e. The van der Waals surface area contributed by atoms with Gasteiger partial charge in [0, 0.05) is 36.2 Å². The van der Waals surface area contributed by atoms with Gasteiger partial charge in [0.05, 0.1) is 11.1 Å². The van der Waals surface area contributed by atoms with E-state index in [0.29, 0.717) is 23.7 Å². The van der Waals surface area contributed by atoms with Gasteiger partial charge in [-0.25, -0.2) is 0 Å². The summed E-state index contributed by atoms with van der Waals surface area (Å²) in [5, 5.41) is 0.546. The molecule has 1 aromatic rings. The molecule has 1 heterocycles. The van der Waals surface area contributed by atoms with Gasteiger partial charge in [-0.3, -0.25) is 4.79 Å². The van der Waals surface area contributed by atoms with Crippen molar-refractivity contribution in [2.75, 3.05) is 33.2 Å². The first-order valence-corrected chi connectivity index (χ1v) is 7.34. The van der Waals surface area contributed by atoms with Crippen LogP contribution in [0.1, 0.15) is 10.4 Å². The minimum atomic E-state index is -0.00190. The number of amides is 1. The van der Waals surface area contributed by atoms with Crippen molar-refractivity contribution in [3.8, 4) is 0 Å². The molecule has 4 nitrogen and oxygen atoms in total. The van der Waals surface area contributed by atoms with E-state index in [-0.39, 0.29) is 11.9 Å². The number of hydrogen-bond donors (Lipinski definition) is 1. The molecule has 0 aliphatic carbocycles. The first-order valence-electron chi connectivity index (χ1n) is 6.17.